The van der Waals surface area contributed by atoms with Gasteiger partial charge in [-0.15, -0.1) is 0 Å². The van der Waals surface area contributed by atoms with Gasteiger partial charge in [0, 0.05) is 35.0 Å². The Morgan fingerprint density at radius 2 is 1.82 bits per heavy atom. The molecule has 1 aliphatic heterocycles. The summed E-state index contributed by atoms with van der Waals surface area (Å²) in [7, 11) is -0.875. The predicted molar refractivity (Wildman–Crippen MR) is 137 cm³/mol. The van der Waals surface area contributed by atoms with Crippen molar-refractivity contribution in [3.63, 3.8) is 0 Å². The molecule has 6 nitrogen and oxygen atoms in total. The summed E-state index contributed by atoms with van der Waals surface area (Å²) >= 11 is 6.16. The Morgan fingerprint density at radius 1 is 1.21 bits per heavy atom. The van der Waals surface area contributed by atoms with Crippen LogP contribution in [0.4, 0.5) is 5.69 Å². The van der Waals surface area contributed by atoms with Gasteiger partial charge in [-0.05, 0) is 79.6 Å². The highest BCUT2D eigenvalue weighted by atomic mass is 35.5. The van der Waals surface area contributed by atoms with Gasteiger partial charge in [0.2, 0.25) is 0 Å². The van der Waals surface area contributed by atoms with Crippen LogP contribution in [0.1, 0.15) is 43.7 Å². The zero-order valence-electron chi connectivity index (χ0n) is 20.1. The number of hydrogen-bond acceptors (Lipinski definition) is 3. The van der Waals surface area contributed by atoms with Crippen molar-refractivity contribution in [3.8, 4) is 11.1 Å². The molecule has 0 saturated heterocycles. The highest BCUT2D eigenvalue weighted by molar-refractivity contribution is 8.02. The van der Waals surface area contributed by atoms with E-state index in [-0.39, 0.29) is 0 Å². The van der Waals surface area contributed by atoms with Crippen molar-refractivity contribution in [1.82, 2.24) is 4.57 Å². The summed E-state index contributed by atoms with van der Waals surface area (Å²) in [6.45, 7) is 9.43. The van der Waals surface area contributed by atoms with Crippen LogP contribution < -0.4 is 4.31 Å². The van der Waals surface area contributed by atoms with E-state index >= 15 is 0 Å². The first-order valence-electron chi connectivity index (χ1n) is 10.9. The summed E-state index contributed by atoms with van der Waals surface area (Å²) in [5.41, 5.74) is 5.06. The van der Waals surface area contributed by atoms with Gasteiger partial charge >= 0.3 is 5.97 Å². The number of aromatic nitrogens is 1. The standard InChI is InChI=1S/C25H31ClN2O4S/c1-14-12-18-20(16-8-10-17(26)11-9-16)19(23(24(29)30)32-25(3,4)5)15(2)21-22(18)28(14)13-33(7,31)27(21)6/h8-12,23,33H,13H2,1-7H3,(H,29,30)/t23-/m0/s1. The summed E-state index contributed by atoms with van der Waals surface area (Å²) in [6, 6.07) is 9.47. The fraction of sp³-hybridized carbons (Fsp3) is 0.400. The number of anilines is 1. The van der Waals surface area contributed by atoms with Crippen LogP contribution in [0.5, 0.6) is 0 Å². The smallest absolute Gasteiger partial charge is 0.337 e. The first kappa shape index (κ1) is 23.8. The molecule has 0 spiro atoms. The van der Waals surface area contributed by atoms with E-state index in [0.29, 0.717) is 16.5 Å². The predicted octanol–water partition coefficient (Wildman–Crippen LogP) is 5.49. The molecular weight excluding hydrogens is 460 g/mol. The maximum Gasteiger partial charge on any atom is 0.337 e. The quantitative estimate of drug-likeness (QED) is 0.474. The SMILES string of the molecule is Cc1c([C@H](OC(C)(C)C)C(=O)O)c(-c2ccc(Cl)cc2)c2cc(C)n3c2c1N(C)[SH](C)(=O)C3. The molecule has 0 fully saturated rings. The van der Waals surface area contributed by atoms with Crippen LogP contribution in [-0.4, -0.2) is 38.8 Å². The normalized spacial score (nSPS) is 17.3. The zero-order valence-corrected chi connectivity index (χ0v) is 21.7. The van der Waals surface area contributed by atoms with Crippen molar-refractivity contribution in [2.24, 2.45) is 0 Å². The fourth-order valence-electron chi connectivity index (χ4n) is 4.75. The minimum Gasteiger partial charge on any atom is -0.479 e. The fourth-order valence-corrected chi connectivity index (χ4v) is 6.62. The van der Waals surface area contributed by atoms with Gasteiger partial charge in [0.05, 0.1) is 22.7 Å². The van der Waals surface area contributed by atoms with Crippen molar-refractivity contribution in [2.75, 3.05) is 17.6 Å². The van der Waals surface area contributed by atoms with Gasteiger partial charge in [-0.2, -0.15) is 0 Å². The molecule has 0 radical (unpaired) electrons. The number of hydrogen-bond donors (Lipinski definition) is 2. The molecule has 0 amide bonds. The van der Waals surface area contributed by atoms with Gasteiger partial charge in [-0.1, -0.05) is 23.7 Å². The number of aliphatic carboxylic acids is 1. The minimum atomic E-state index is -2.71. The number of carboxylic acids is 1. The molecule has 4 rings (SSSR count). The number of benzene rings is 2. The van der Waals surface area contributed by atoms with Gasteiger partial charge in [0.1, 0.15) is 0 Å². The van der Waals surface area contributed by atoms with Crippen LogP contribution in [0.3, 0.4) is 0 Å². The Morgan fingerprint density at radius 3 is 2.36 bits per heavy atom. The largest absolute Gasteiger partial charge is 0.479 e. The van der Waals surface area contributed by atoms with Crippen LogP contribution >= 0.6 is 11.6 Å². The van der Waals surface area contributed by atoms with Gasteiger partial charge in [0.15, 0.2) is 6.10 Å². The molecular formula is C25H31ClN2O4S. The van der Waals surface area contributed by atoms with Gasteiger partial charge < -0.3 is 18.7 Å². The van der Waals surface area contributed by atoms with Gasteiger partial charge in [-0.3, -0.25) is 4.21 Å². The van der Waals surface area contributed by atoms with E-state index in [0.717, 1.165) is 39.0 Å². The molecule has 0 unspecified atom stereocenters. The number of thiol groups is 1. The summed E-state index contributed by atoms with van der Waals surface area (Å²) in [6.07, 6.45) is 0.569. The Hall–Kier alpha value is -2.35. The van der Waals surface area contributed by atoms with Crippen molar-refractivity contribution >= 4 is 44.3 Å². The lowest BCUT2D eigenvalue weighted by Crippen LogP contribution is -2.40. The monoisotopic (exact) mass is 490 g/mol. The Kier molecular flexibility index (Phi) is 5.67. The summed E-state index contributed by atoms with van der Waals surface area (Å²) in [5, 5.41) is 11.8. The number of rotatable bonds is 4. The summed E-state index contributed by atoms with van der Waals surface area (Å²) < 4.78 is 23.6. The molecule has 0 aliphatic carbocycles. The van der Waals surface area contributed by atoms with Crippen LogP contribution in [0.2, 0.25) is 5.02 Å². The molecule has 2 heterocycles. The van der Waals surface area contributed by atoms with Gasteiger partial charge in [-0.25, -0.2) is 4.79 Å². The third kappa shape index (κ3) is 3.96. The second kappa shape index (κ2) is 7.86. The molecule has 0 bridgehead atoms. The van der Waals surface area contributed by atoms with Crippen molar-refractivity contribution in [1.29, 1.82) is 0 Å². The lowest BCUT2D eigenvalue weighted by atomic mass is 9.87. The summed E-state index contributed by atoms with van der Waals surface area (Å²) in [4.78, 5) is 12.6. The molecule has 2 aromatic carbocycles. The first-order chi connectivity index (χ1) is 15.2. The molecule has 0 saturated carbocycles. The number of ether oxygens (including phenoxy) is 1. The Labute approximate surface area is 200 Å². The second-order valence-electron chi connectivity index (χ2n) is 9.91. The molecule has 1 aromatic heterocycles. The van der Waals surface area contributed by atoms with Crippen molar-refractivity contribution < 1.29 is 18.8 Å². The molecule has 8 heteroatoms. The first-order valence-corrected chi connectivity index (χ1v) is 13.5. The van der Waals surface area contributed by atoms with Gasteiger partial charge in [0.25, 0.3) is 0 Å². The number of halogens is 1. The number of aryl methyl sites for hydroxylation is 1. The number of carbonyl (C=O) groups is 1. The van der Waals surface area contributed by atoms with E-state index < -0.39 is 27.8 Å². The average Bonchev–Trinajstić information content (AvgIpc) is 3.00. The minimum absolute atomic E-state index is 0.408. The van der Waals surface area contributed by atoms with E-state index in [1.54, 1.807) is 18.4 Å². The highest BCUT2D eigenvalue weighted by Crippen LogP contribution is 2.49. The molecule has 1 aliphatic rings. The molecule has 1 N–H and O–H groups in total. The number of carboxylic acid groups (broad SMARTS) is 1. The summed E-state index contributed by atoms with van der Waals surface area (Å²) in [5.74, 6) is -0.657. The third-order valence-electron chi connectivity index (χ3n) is 6.28. The molecule has 178 valence electrons. The van der Waals surface area contributed by atoms with E-state index in [4.69, 9.17) is 16.3 Å². The van der Waals surface area contributed by atoms with E-state index in [9.17, 15) is 14.1 Å². The Balaban J connectivity index is 2.19. The molecule has 3 aromatic rings. The van der Waals surface area contributed by atoms with Crippen LogP contribution in [0, 0.1) is 13.8 Å². The third-order valence-corrected chi connectivity index (χ3v) is 8.81. The van der Waals surface area contributed by atoms with Crippen LogP contribution in [0.15, 0.2) is 30.3 Å². The maximum absolute atomic E-state index is 13.5. The van der Waals surface area contributed by atoms with Crippen LogP contribution in [-0.2, 0) is 25.5 Å². The second-order valence-corrected chi connectivity index (χ2v) is 13.3. The van der Waals surface area contributed by atoms with Crippen molar-refractivity contribution in [2.45, 2.75) is 52.2 Å². The maximum atomic E-state index is 13.5. The molecule has 33 heavy (non-hydrogen) atoms. The van der Waals surface area contributed by atoms with E-state index in [2.05, 4.69) is 10.6 Å². The highest BCUT2D eigenvalue weighted by Gasteiger charge is 2.37. The average molecular weight is 491 g/mol. The van der Waals surface area contributed by atoms with E-state index in [1.165, 1.54) is 0 Å². The zero-order chi connectivity index (χ0) is 24.5. The van der Waals surface area contributed by atoms with E-state index in [1.807, 2.05) is 58.1 Å². The molecule has 1 atom stereocenters. The number of nitrogens with zero attached hydrogens (tertiary/aromatic N) is 2. The lowest BCUT2D eigenvalue weighted by Gasteiger charge is -2.40. The van der Waals surface area contributed by atoms with Crippen molar-refractivity contribution in [3.05, 3.63) is 52.2 Å². The topological polar surface area (TPSA) is 71.8 Å². The lowest BCUT2D eigenvalue weighted by molar-refractivity contribution is -0.160. The van der Waals surface area contributed by atoms with Crippen LogP contribution in [0.25, 0.3) is 22.0 Å². The Bertz CT molecular complexity index is 1320.